The van der Waals surface area contributed by atoms with E-state index in [-0.39, 0.29) is 12.5 Å². The third-order valence-electron chi connectivity index (χ3n) is 3.23. The highest BCUT2D eigenvalue weighted by Gasteiger charge is 2.07. The molecule has 0 saturated heterocycles. The molecular weight excluding hydrogens is 349 g/mol. The molecule has 0 saturated carbocycles. The number of nitrogens with one attached hydrogen (secondary N) is 2. The Kier molecular flexibility index (Phi) is 5.03. The highest BCUT2D eigenvalue weighted by Crippen LogP contribution is 2.27. The van der Waals surface area contributed by atoms with Gasteiger partial charge in [0.05, 0.1) is 10.7 Å². The Hall–Kier alpha value is -2.50. The van der Waals surface area contributed by atoms with Crippen LogP contribution in [0.25, 0.3) is 11.3 Å². The van der Waals surface area contributed by atoms with Crippen LogP contribution in [0.4, 0.5) is 5.69 Å². The quantitative estimate of drug-likeness (QED) is 0.707. The van der Waals surface area contributed by atoms with E-state index >= 15 is 0 Å². The summed E-state index contributed by atoms with van der Waals surface area (Å²) in [5.74, 6) is 0.126. The molecule has 0 unspecified atom stereocenters. The number of aromatic nitrogens is 2. The molecule has 0 bridgehead atoms. The van der Waals surface area contributed by atoms with Crippen LogP contribution in [0.5, 0.6) is 5.75 Å². The smallest absolute Gasteiger partial charge is 0.262 e. The standard InChI is InChI=1S/C17H13Cl2N3O2/c18-12-3-6-16(14(19)9-12)24-10-17(23)21-13-4-1-11(2-5-13)15-7-8-20-22-15/h1-9H,10H2,(H,20,22)(H,21,23). The second-order valence-corrected chi connectivity index (χ2v) is 5.80. The topological polar surface area (TPSA) is 67.0 Å². The van der Waals surface area contributed by atoms with Gasteiger partial charge in [0.15, 0.2) is 6.61 Å². The van der Waals surface area contributed by atoms with Crippen LogP contribution in [0.3, 0.4) is 0 Å². The summed E-state index contributed by atoms with van der Waals surface area (Å²) in [5, 5.41) is 10.4. The SMILES string of the molecule is O=C(COc1ccc(Cl)cc1Cl)Nc1ccc(-c2ccn[nH]2)cc1. The van der Waals surface area contributed by atoms with E-state index in [2.05, 4.69) is 15.5 Å². The molecule has 0 fully saturated rings. The van der Waals surface area contributed by atoms with Crippen molar-refractivity contribution < 1.29 is 9.53 Å². The third-order valence-corrected chi connectivity index (χ3v) is 3.76. The third kappa shape index (κ3) is 4.07. The van der Waals surface area contributed by atoms with E-state index in [0.717, 1.165) is 11.3 Å². The second-order valence-electron chi connectivity index (χ2n) is 4.96. The molecular formula is C17H13Cl2N3O2. The number of ether oxygens (including phenoxy) is 1. The average molecular weight is 362 g/mol. The zero-order valence-corrected chi connectivity index (χ0v) is 13.9. The number of hydrogen-bond donors (Lipinski definition) is 2. The van der Waals surface area contributed by atoms with Crippen molar-refractivity contribution in [1.82, 2.24) is 10.2 Å². The number of amides is 1. The van der Waals surface area contributed by atoms with Gasteiger partial charge in [-0.3, -0.25) is 9.89 Å². The molecule has 2 aromatic carbocycles. The number of aromatic amines is 1. The zero-order valence-electron chi connectivity index (χ0n) is 12.4. The average Bonchev–Trinajstić information content (AvgIpc) is 3.09. The summed E-state index contributed by atoms with van der Waals surface area (Å²) in [6, 6.07) is 14.1. The van der Waals surface area contributed by atoms with Gasteiger partial charge in [0.2, 0.25) is 0 Å². The molecule has 122 valence electrons. The molecule has 7 heteroatoms. The maximum Gasteiger partial charge on any atom is 0.262 e. The first kappa shape index (κ1) is 16.4. The number of H-pyrrole nitrogens is 1. The molecule has 0 atom stereocenters. The van der Waals surface area contributed by atoms with Crippen molar-refractivity contribution in [2.24, 2.45) is 0 Å². The van der Waals surface area contributed by atoms with Gasteiger partial charge in [-0.05, 0) is 42.0 Å². The van der Waals surface area contributed by atoms with Gasteiger partial charge >= 0.3 is 0 Å². The number of halogens is 2. The summed E-state index contributed by atoms with van der Waals surface area (Å²) in [4.78, 5) is 12.0. The van der Waals surface area contributed by atoms with Crippen LogP contribution in [0.2, 0.25) is 10.0 Å². The van der Waals surface area contributed by atoms with E-state index in [1.54, 1.807) is 24.4 Å². The minimum Gasteiger partial charge on any atom is -0.482 e. The van der Waals surface area contributed by atoms with Gasteiger partial charge in [-0.1, -0.05) is 35.3 Å². The normalized spacial score (nSPS) is 10.4. The Morgan fingerprint density at radius 2 is 1.92 bits per heavy atom. The number of nitrogens with zero attached hydrogens (tertiary/aromatic N) is 1. The molecule has 0 aliphatic rings. The van der Waals surface area contributed by atoms with E-state index < -0.39 is 0 Å². The molecule has 5 nitrogen and oxygen atoms in total. The molecule has 24 heavy (non-hydrogen) atoms. The molecule has 2 N–H and O–H groups in total. The highest BCUT2D eigenvalue weighted by molar-refractivity contribution is 6.35. The number of benzene rings is 2. The molecule has 0 aliphatic carbocycles. The van der Waals surface area contributed by atoms with Crippen LogP contribution >= 0.6 is 23.2 Å². The van der Waals surface area contributed by atoms with Crippen molar-refractivity contribution in [2.45, 2.75) is 0 Å². The number of rotatable bonds is 5. The minimum absolute atomic E-state index is 0.149. The largest absolute Gasteiger partial charge is 0.482 e. The molecule has 0 spiro atoms. The van der Waals surface area contributed by atoms with Crippen LogP contribution < -0.4 is 10.1 Å². The van der Waals surface area contributed by atoms with Crippen molar-refractivity contribution in [1.29, 1.82) is 0 Å². The zero-order chi connectivity index (χ0) is 16.9. The van der Waals surface area contributed by atoms with Crippen LogP contribution in [-0.4, -0.2) is 22.7 Å². The number of hydrogen-bond acceptors (Lipinski definition) is 3. The number of carbonyl (C=O) groups excluding carboxylic acids is 1. The fourth-order valence-corrected chi connectivity index (χ4v) is 2.55. The van der Waals surface area contributed by atoms with Gasteiger partial charge in [-0.2, -0.15) is 5.10 Å². The van der Waals surface area contributed by atoms with E-state index in [1.165, 1.54) is 0 Å². The van der Waals surface area contributed by atoms with Gasteiger partial charge in [-0.15, -0.1) is 0 Å². The monoisotopic (exact) mass is 361 g/mol. The predicted octanol–water partition coefficient (Wildman–Crippen LogP) is 4.40. The fourth-order valence-electron chi connectivity index (χ4n) is 2.08. The van der Waals surface area contributed by atoms with Gasteiger partial charge < -0.3 is 10.1 Å². The predicted molar refractivity (Wildman–Crippen MR) is 94.6 cm³/mol. The van der Waals surface area contributed by atoms with Crippen LogP contribution in [0.1, 0.15) is 0 Å². The fraction of sp³-hybridized carbons (Fsp3) is 0.0588. The molecule has 3 rings (SSSR count). The minimum atomic E-state index is -0.282. The van der Waals surface area contributed by atoms with E-state index in [9.17, 15) is 4.79 Å². The summed E-state index contributed by atoms with van der Waals surface area (Å²) in [6.45, 7) is -0.149. The molecule has 1 aromatic heterocycles. The van der Waals surface area contributed by atoms with Gasteiger partial charge in [0.1, 0.15) is 5.75 Å². The van der Waals surface area contributed by atoms with Crippen molar-refractivity contribution in [3.63, 3.8) is 0 Å². The highest BCUT2D eigenvalue weighted by atomic mass is 35.5. The Morgan fingerprint density at radius 1 is 1.12 bits per heavy atom. The van der Waals surface area contributed by atoms with Gasteiger partial charge in [-0.25, -0.2) is 0 Å². The lowest BCUT2D eigenvalue weighted by Crippen LogP contribution is -2.20. The van der Waals surface area contributed by atoms with Crippen LogP contribution in [0, 0.1) is 0 Å². The van der Waals surface area contributed by atoms with E-state index in [0.29, 0.717) is 21.5 Å². The summed E-state index contributed by atoms with van der Waals surface area (Å²) in [7, 11) is 0. The first-order chi connectivity index (χ1) is 11.6. The second kappa shape index (κ2) is 7.38. The van der Waals surface area contributed by atoms with E-state index in [1.807, 2.05) is 30.3 Å². The molecule has 3 aromatic rings. The lowest BCUT2D eigenvalue weighted by Gasteiger charge is -2.09. The van der Waals surface area contributed by atoms with Gasteiger partial charge in [0, 0.05) is 16.9 Å². The van der Waals surface area contributed by atoms with Crippen LogP contribution in [0.15, 0.2) is 54.7 Å². The Bertz CT molecular complexity index is 834. The first-order valence-corrected chi connectivity index (χ1v) is 7.85. The molecule has 0 radical (unpaired) electrons. The molecule has 1 amide bonds. The Morgan fingerprint density at radius 3 is 2.58 bits per heavy atom. The lowest BCUT2D eigenvalue weighted by molar-refractivity contribution is -0.118. The Labute approximate surface area is 148 Å². The summed E-state index contributed by atoms with van der Waals surface area (Å²) in [6.07, 6.45) is 1.68. The molecule has 0 aliphatic heterocycles. The number of anilines is 1. The maximum atomic E-state index is 12.0. The van der Waals surface area contributed by atoms with E-state index in [4.69, 9.17) is 27.9 Å². The Balaban J connectivity index is 1.56. The van der Waals surface area contributed by atoms with Crippen molar-refractivity contribution >= 4 is 34.8 Å². The lowest BCUT2D eigenvalue weighted by atomic mass is 10.1. The summed E-state index contributed by atoms with van der Waals surface area (Å²) < 4.78 is 5.39. The van der Waals surface area contributed by atoms with Crippen molar-refractivity contribution in [3.05, 3.63) is 64.8 Å². The maximum absolute atomic E-state index is 12.0. The first-order valence-electron chi connectivity index (χ1n) is 7.09. The summed E-state index contributed by atoms with van der Waals surface area (Å²) >= 11 is 11.8. The van der Waals surface area contributed by atoms with Crippen LogP contribution in [-0.2, 0) is 4.79 Å². The van der Waals surface area contributed by atoms with Gasteiger partial charge in [0.25, 0.3) is 5.91 Å². The molecule has 1 heterocycles. The summed E-state index contributed by atoms with van der Waals surface area (Å²) in [5.41, 5.74) is 2.57. The van der Waals surface area contributed by atoms with Crippen molar-refractivity contribution in [3.8, 4) is 17.0 Å². The number of carbonyl (C=O) groups is 1. The van der Waals surface area contributed by atoms with Crippen molar-refractivity contribution in [2.75, 3.05) is 11.9 Å².